The van der Waals surface area contributed by atoms with Crippen LogP contribution in [0.25, 0.3) is 10.8 Å². The number of rotatable bonds is 2. The van der Waals surface area contributed by atoms with Gasteiger partial charge in [-0.2, -0.15) is 0 Å². The average Bonchev–Trinajstić information content (AvgIpc) is 2.82. The number of thiazole rings is 1. The van der Waals surface area contributed by atoms with Gasteiger partial charge in [-0.05, 0) is 39.8 Å². The number of nitrogens with one attached hydrogen (secondary N) is 1. The molecule has 18 heavy (non-hydrogen) atoms. The number of amides is 1. The van der Waals surface area contributed by atoms with Crippen LogP contribution in [-0.2, 0) is 0 Å². The third kappa shape index (κ3) is 2.79. The molecule has 2 heterocycles. The molecule has 0 saturated heterocycles. The maximum Gasteiger partial charge on any atom is 0.271 e. The summed E-state index contributed by atoms with van der Waals surface area (Å²) in [6.07, 6.45) is 1.60. The SMILES string of the molecule is Cc1sc(-c2ccco2)nc1C(=O)NC(C)(C)C. The van der Waals surface area contributed by atoms with Gasteiger partial charge >= 0.3 is 0 Å². The Kier molecular flexibility index (Phi) is 3.26. The second-order valence-corrected chi connectivity index (χ2v) is 6.31. The van der Waals surface area contributed by atoms with Crippen LogP contribution in [0.2, 0.25) is 0 Å². The number of aryl methyl sites for hydroxylation is 1. The van der Waals surface area contributed by atoms with Gasteiger partial charge in [-0.1, -0.05) is 0 Å². The molecule has 0 atom stereocenters. The third-order valence-corrected chi connectivity index (χ3v) is 3.22. The molecule has 2 aromatic heterocycles. The monoisotopic (exact) mass is 264 g/mol. The van der Waals surface area contributed by atoms with Crippen molar-refractivity contribution in [2.45, 2.75) is 33.2 Å². The van der Waals surface area contributed by atoms with Crippen molar-refractivity contribution >= 4 is 17.2 Å². The van der Waals surface area contributed by atoms with Crippen LogP contribution in [0.4, 0.5) is 0 Å². The first-order valence-corrected chi connectivity index (χ1v) is 6.52. The van der Waals surface area contributed by atoms with Crippen LogP contribution in [0.1, 0.15) is 36.1 Å². The Morgan fingerprint density at radius 1 is 1.44 bits per heavy atom. The van der Waals surface area contributed by atoms with Gasteiger partial charge in [0, 0.05) is 10.4 Å². The molecule has 0 radical (unpaired) electrons. The van der Waals surface area contributed by atoms with E-state index < -0.39 is 0 Å². The van der Waals surface area contributed by atoms with Gasteiger partial charge in [-0.25, -0.2) is 4.98 Å². The fourth-order valence-corrected chi connectivity index (χ4v) is 2.39. The van der Waals surface area contributed by atoms with Crippen molar-refractivity contribution in [2.75, 3.05) is 0 Å². The highest BCUT2D eigenvalue weighted by atomic mass is 32.1. The lowest BCUT2D eigenvalue weighted by atomic mass is 10.1. The summed E-state index contributed by atoms with van der Waals surface area (Å²) in [5, 5.41) is 3.64. The van der Waals surface area contributed by atoms with E-state index in [0.29, 0.717) is 11.5 Å². The Morgan fingerprint density at radius 2 is 2.17 bits per heavy atom. The molecular formula is C13H16N2O2S. The molecule has 0 bridgehead atoms. The van der Waals surface area contributed by atoms with Gasteiger partial charge in [-0.3, -0.25) is 4.79 Å². The van der Waals surface area contributed by atoms with Crippen molar-refractivity contribution in [3.8, 4) is 10.8 Å². The van der Waals surface area contributed by atoms with Crippen molar-refractivity contribution in [1.29, 1.82) is 0 Å². The number of hydrogen-bond donors (Lipinski definition) is 1. The average molecular weight is 264 g/mol. The molecule has 0 aliphatic carbocycles. The molecule has 0 aliphatic rings. The number of aromatic nitrogens is 1. The molecule has 96 valence electrons. The fraction of sp³-hybridized carbons (Fsp3) is 0.385. The second-order valence-electron chi connectivity index (χ2n) is 5.11. The Balaban J connectivity index is 2.27. The van der Waals surface area contributed by atoms with Crippen molar-refractivity contribution in [1.82, 2.24) is 10.3 Å². The lowest BCUT2D eigenvalue weighted by Crippen LogP contribution is -2.40. The first kappa shape index (κ1) is 12.8. The molecule has 5 heteroatoms. The molecule has 1 N–H and O–H groups in total. The summed E-state index contributed by atoms with van der Waals surface area (Å²) in [6.45, 7) is 7.72. The van der Waals surface area contributed by atoms with Crippen molar-refractivity contribution in [3.05, 3.63) is 29.0 Å². The summed E-state index contributed by atoms with van der Waals surface area (Å²) in [6, 6.07) is 3.64. The van der Waals surface area contributed by atoms with Crippen LogP contribution in [0.5, 0.6) is 0 Å². The molecule has 0 aliphatic heterocycles. The smallest absolute Gasteiger partial charge is 0.271 e. The van der Waals surface area contributed by atoms with Crippen LogP contribution < -0.4 is 5.32 Å². The fourth-order valence-electron chi connectivity index (χ4n) is 1.51. The van der Waals surface area contributed by atoms with E-state index in [0.717, 1.165) is 9.88 Å². The molecule has 0 aromatic carbocycles. The predicted octanol–water partition coefficient (Wildman–Crippen LogP) is 3.24. The summed E-state index contributed by atoms with van der Waals surface area (Å²) in [7, 11) is 0. The van der Waals surface area contributed by atoms with Gasteiger partial charge in [0.15, 0.2) is 10.8 Å². The minimum Gasteiger partial charge on any atom is -0.462 e. The standard InChI is InChI=1S/C13H16N2O2S/c1-8-10(11(16)15-13(2,3)4)14-12(18-8)9-6-5-7-17-9/h5-7H,1-4H3,(H,15,16). The minimum atomic E-state index is -0.266. The number of nitrogens with zero attached hydrogens (tertiary/aromatic N) is 1. The maximum absolute atomic E-state index is 12.1. The molecule has 0 saturated carbocycles. The van der Waals surface area contributed by atoms with E-state index in [-0.39, 0.29) is 11.4 Å². The molecular weight excluding hydrogens is 248 g/mol. The van der Waals surface area contributed by atoms with Gasteiger partial charge < -0.3 is 9.73 Å². The van der Waals surface area contributed by atoms with E-state index in [2.05, 4.69) is 10.3 Å². The van der Waals surface area contributed by atoms with Crippen LogP contribution in [0.3, 0.4) is 0 Å². The predicted molar refractivity (Wildman–Crippen MR) is 71.8 cm³/mol. The molecule has 0 spiro atoms. The summed E-state index contributed by atoms with van der Waals surface area (Å²) in [4.78, 5) is 17.3. The number of hydrogen-bond acceptors (Lipinski definition) is 4. The minimum absolute atomic E-state index is 0.144. The van der Waals surface area contributed by atoms with E-state index >= 15 is 0 Å². The first-order chi connectivity index (χ1) is 8.37. The summed E-state index contributed by atoms with van der Waals surface area (Å²) >= 11 is 1.46. The highest BCUT2D eigenvalue weighted by molar-refractivity contribution is 7.15. The van der Waals surface area contributed by atoms with E-state index in [9.17, 15) is 4.79 Å². The molecule has 2 aromatic rings. The zero-order valence-corrected chi connectivity index (χ0v) is 11.7. The first-order valence-electron chi connectivity index (χ1n) is 5.70. The summed E-state index contributed by atoms with van der Waals surface area (Å²) in [5.41, 5.74) is 0.208. The van der Waals surface area contributed by atoms with Gasteiger partial charge in [0.05, 0.1) is 6.26 Å². The number of carbonyl (C=O) groups excluding carboxylic acids is 1. The lowest BCUT2D eigenvalue weighted by molar-refractivity contribution is 0.0914. The largest absolute Gasteiger partial charge is 0.462 e. The molecule has 1 amide bonds. The van der Waals surface area contributed by atoms with Crippen LogP contribution in [0.15, 0.2) is 22.8 Å². The van der Waals surface area contributed by atoms with Crippen molar-refractivity contribution in [3.63, 3.8) is 0 Å². The van der Waals surface area contributed by atoms with Crippen LogP contribution in [-0.4, -0.2) is 16.4 Å². The third-order valence-electron chi connectivity index (χ3n) is 2.23. The zero-order valence-electron chi connectivity index (χ0n) is 10.9. The highest BCUT2D eigenvalue weighted by Crippen LogP contribution is 2.28. The second kappa shape index (κ2) is 4.57. The van der Waals surface area contributed by atoms with Gasteiger partial charge in [0.2, 0.25) is 0 Å². The summed E-state index contributed by atoms with van der Waals surface area (Å²) < 4.78 is 5.28. The molecule has 4 nitrogen and oxygen atoms in total. The summed E-state index contributed by atoms with van der Waals surface area (Å²) in [5.74, 6) is 0.548. The van der Waals surface area contributed by atoms with Gasteiger partial charge in [0.25, 0.3) is 5.91 Å². The highest BCUT2D eigenvalue weighted by Gasteiger charge is 2.21. The van der Waals surface area contributed by atoms with Crippen LogP contribution in [0, 0.1) is 6.92 Å². The molecule has 0 fully saturated rings. The van der Waals surface area contributed by atoms with E-state index in [1.165, 1.54) is 11.3 Å². The maximum atomic E-state index is 12.1. The lowest BCUT2D eigenvalue weighted by Gasteiger charge is -2.19. The topological polar surface area (TPSA) is 55.1 Å². The number of furan rings is 1. The Morgan fingerprint density at radius 3 is 2.72 bits per heavy atom. The van der Waals surface area contributed by atoms with Gasteiger partial charge in [0.1, 0.15) is 5.69 Å². The van der Waals surface area contributed by atoms with Crippen molar-refractivity contribution < 1.29 is 9.21 Å². The molecule has 2 rings (SSSR count). The molecule has 0 unspecified atom stereocenters. The number of carbonyl (C=O) groups is 1. The van der Waals surface area contributed by atoms with Crippen LogP contribution >= 0.6 is 11.3 Å². The quantitative estimate of drug-likeness (QED) is 0.906. The normalized spacial score (nSPS) is 11.6. The Hall–Kier alpha value is -1.62. The van der Waals surface area contributed by atoms with E-state index in [1.54, 1.807) is 12.3 Å². The van der Waals surface area contributed by atoms with Gasteiger partial charge in [-0.15, -0.1) is 11.3 Å². The Bertz CT molecular complexity index is 550. The Labute approximate surface area is 110 Å². The van der Waals surface area contributed by atoms with Crippen molar-refractivity contribution in [2.24, 2.45) is 0 Å². The van der Waals surface area contributed by atoms with E-state index in [1.807, 2.05) is 33.8 Å². The zero-order chi connectivity index (χ0) is 13.3. The van der Waals surface area contributed by atoms with E-state index in [4.69, 9.17) is 4.42 Å².